The Morgan fingerprint density at radius 2 is 1.94 bits per heavy atom. The Bertz CT molecular complexity index is 1180. The number of aromatic nitrogens is 3. The summed E-state index contributed by atoms with van der Waals surface area (Å²) in [5, 5.41) is 33.5. The summed E-state index contributed by atoms with van der Waals surface area (Å²) >= 11 is 1.10. The number of rotatable bonds is 9. The second-order valence-corrected chi connectivity index (χ2v) is 7.28. The number of nitrogens with zero attached hydrogens (tertiary/aromatic N) is 5. The van der Waals surface area contributed by atoms with Crippen molar-refractivity contribution in [3.63, 3.8) is 0 Å². The van der Waals surface area contributed by atoms with Crippen LogP contribution in [0.5, 0.6) is 5.75 Å². The average molecular weight is 458 g/mol. The number of nitro groups is 2. The zero-order valence-electron chi connectivity index (χ0n) is 17.0. The van der Waals surface area contributed by atoms with Gasteiger partial charge in [-0.2, -0.15) is 0 Å². The monoisotopic (exact) mass is 458 g/mol. The lowest BCUT2D eigenvalue weighted by Gasteiger charge is -2.09. The lowest BCUT2D eigenvalue weighted by Crippen LogP contribution is -2.15. The van der Waals surface area contributed by atoms with Crippen LogP contribution in [-0.2, 0) is 11.3 Å². The van der Waals surface area contributed by atoms with Crippen LogP contribution >= 0.6 is 11.8 Å². The molecule has 3 rings (SSSR count). The van der Waals surface area contributed by atoms with E-state index in [4.69, 9.17) is 4.74 Å². The summed E-state index contributed by atoms with van der Waals surface area (Å²) in [5.41, 5.74) is 0.226. The van der Waals surface area contributed by atoms with Crippen molar-refractivity contribution in [2.24, 2.45) is 0 Å². The Labute approximate surface area is 185 Å². The quantitative estimate of drug-likeness (QED) is 0.288. The predicted molar refractivity (Wildman–Crippen MR) is 117 cm³/mol. The Morgan fingerprint density at radius 3 is 2.59 bits per heavy atom. The maximum Gasteiger partial charge on any atom is 0.296 e. The Morgan fingerprint density at radius 1 is 1.16 bits per heavy atom. The van der Waals surface area contributed by atoms with Crippen LogP contribution in [0.1, 0.15) is 6.92 Å². The van der Waals surface area contributed by atoms with Gasteiger partial charge in [-0.05, 0) is 19.1 Å². The zero-order valence-corrected chi connectivity index (χ0v) is 17.9. The summed E-state index contributed by atoms with van der Waals surface area (Å²) in [6.07, 6.45) is 0. The summed E-state index contributed by atoms with van der Waals surface area (Å²) in [7, 11) is 1.39. The molecule has 0 bridgehead atoms. The summed E-state index contributed by atoms with van der Waals surface area (Å²) in [6.45, 7) is 2.33. The van der Waals surface area contributed by atoms with Crippen molar-refractivity contribution in [3.05, 3.63) is 62.7 Å². The van der Waals surface area contributed by atoms with E-state index in [0.717, 1.165) is 11.8 Å². The van der Waals surface area contributed by atoms with Gasteiger partial charge in [0, 0.05) is 24.2 Å². The highest BCUT2D eigenvalue weighted by atomic mass is 32.2. The maximum absolute atomic E-state index is 12.4. The van der Waals surface area contributed by atoms with Gasteiger partial charge in [-0.3, -0.25) is 25.0 Å². The molecule has 0 atom stereocenters. The molecule has 0 spiro atoms. The fourth-order valence-electron chi connectivity index (χ4n) is 2.86. The molecule has 0 unspecified atom stereocenters. The molecule has 3 aromatic rings. The molecule has 0 saturated carbocycles. The topological polar surface area (TPSA) is 155 Å². The number of carbonyl (C=O) groups is 1. The molecular formula is C19H18N6O6S. The first-order valence-corrected chi connectivity index (χ1v) is 10.3. The number of amides is 1. The predicted octanol–water partition coefficient (Wildman–Crippen LogP) is 3.52. The van der Waals surface area contributed by atoms with Gasteiger partial charge in [-0.1, -0.05) is 23.9 Å². The van der Waals surface area contributed by atoms with Crippen LogP contribution in [0.3, 0.4) is 0 Å². The number of anilines is 1. The van der Waals surface area contributed by atoms with Crippen LogP contribution in [0.25, 0.3) is 11.4 Å². The molecule has 0 fully saturated rings. The van der Waals surface area contributed by atoms with E-state index in [1.165, 1.54) is 37.4 Å². The second-order valence-electron chi connectivity index (χ2n) is 6.33. The summed E-state index contributed by atoms with van der Waals surface area (Å²) in [6, 6.07) is 10.2. The second kappa shape index (κ2) is 9.87. The molecular weight excluding hydrogens is 440 g/mol. The number of ether oxygens (including phenoxy) is 1. The van der Waals surface area contributed by atoms with Crippen molar-refractivity contribution in [1.29, 1.82) is 0 Å². The Kier molecular flexibility index (Phi) is 7.00. The minimum atomic E-state index is -0.607. The molecule has 0 aliphatic carbocycles. The zero-order chi connectivity index (χ0) is 23.3. The molecule has 1 N–H and O–H groups in total. The summed E-state index contributed by atoms with van der Waals surface area (Å²) < 4.78 is 6.71. The maximum atomic E-state index is 12.4. The van der Waals surface area contributed by atoms with Crippen LogP contribution in [0.2, 0.25) is 0 Å². The number of methoxy groups -OCH3 is 1. The average Bonchev–Trinajstić information content (AvgIpc) is 3.20. The van der Waals surface area contributed by atoms with Crippen molar-refractivity contribution < 1.29 is 19.4 Å². The van der Waals surface area contributed by atoms with E-state index in [2.05, 4.69) is 15.5 Å². The van der Waals surface area contributed by atoms with Crippen LogP contribution in [0.15, 0.2) is 47.6 Å². The van der Waals surface area contributed by atoms with Crippen LogP contribution in [0, 0.1) is 20.2 Å². The summed E-state index contributed by atoms with van der Waals surface area (Å²) in [5.74, 6) is 0.195. The third-order valence-electron chi connectivity index (χ3n) is 4.36. The van der Waals surface area contributed by atoms with Crippen molar-refractivity contribution >= 4 is 34.7 Å². The molecule has 0 saturated heterocycles. The normalized spacial score (nSPS) is 10.6. The minimum Gasteiger partial charge on any atom is -0.496 e. The third kappa shape index (κ3) is 5.00. The highest BCUT2D eigenvalue weighted by Gasteiger charge is 2.19. The minimum absolute atomic E-state index is 0.0515. The number of hydrogen-bond donors (Lipinski definition) is 1. The van der Waals surface area contributed by atoms with Crippen LogP contribution in [0.4, 0.5) is 17.1 Å². The van der Waals surface area contributed by atoms with Gasteiger partial charge < -0.3 is 14.6 Å². The van der Waals surface area contributed by atoms with Crippen molar-refractivity contribution in [2.45, 2.75) is 18.6 Å². The highest BCUT2D eigenvalue weighted by molar-refractivity contribution is 7.99. The Hall–Kier alpha value is -4.00. The number of nitrogens with one attached hydrogen (secondary N) is 1. The van der Waals surface area contributed by atoms with E-state index in [-0.39, 0.29) is 22.8 Å². The molecule has 1 amide bonds. The molecule has 166 valence electrons. The van der Waals surface area contributed by atoms with Crippen molar-refractivity contribution in [1.82, 2.24) is 14.8 Å². The van der Waals surface area contributed by atoms with E-state index < -0.39 is 15.8 Å². The first-order chi connectivity index (χ1) is 15.3. The van der Waals surface area contributed by atoms with E-state index in [0.29, 0.717) is 28.8 Å². The molecule has 1 heterocycles. The molecule has 13 heteroatoms. The molecule has 32 heavy (non-hydrogen) atoms. The van der Waals surface area contributed by atoms with Gasteiger partial charge in [-0.25, -0.2) is 0 Å². The van der Waals surface area contributed by atoms with Gasteiger partial charge in [0.15, 0.2) is 11.0 Å². The molecule has 1 aromatic heterocycles. The van der Waals surface area contributed by atoms with Crippen molar-refractivity contribution in [2.75, 3.05) is 18.2 Å². The molecule has 0 radical (unpaired) electrons. The number of benzene rings is 2. The first kappa shape index (κ1) is 22.7. The van der Waals surface area contributed by atoms with E-state index in [1.54, 1.807) is 16.7 Å². The largest absolute Gasteiger partial charge is 0.496 e. The number of non-ortho nitro benzene ring substituents is 1. The standard InChI is InChI=1S/C19H18N6O6S/c1-3-23-18(12-5-4-6-13(9-12)24(27)28)21-22-19(23)32-11-17(26)20-15-8-7-14(31-2)10-16(15)25(29)30/h4-10H,3,11H2,1-2H3,(H,20,26). The number of hydrogen-bond acceptors (Lipinski definition) is 9. The van der Waals surface area contributed by atoms with Gasteiger partial charge >= 0.3 is 0 Å². The van der Waals surface area contributed by atoms with Gasteiger partial charge in [0.05, 0.1) is 28.8 Å². The lowest BCUT2D eigenvalue weighted by atomic mass is 10.2. The number of nitro benzene ring substituents is 2. The van der Waals surface area contributed by atoms with Gasteiger partial charge in [0.1, 0.15) is 11.4 Å². The number of thioether (sulfide) groups is 1. The third-order valence-corrected chi connectivity index (χ3v) is 5.32. The fourth-order valence-corrected chi connectivity index (χ4v) is 3.67. The molecule has 0 aliphatic rings. The lowest BCUT2D eigenvalue weighted by molar-refractivity contribution is -0.384. The van der Waals surface area contributed by atoms with Gasteiger partial charge in [0.2, 0.25) is 5.91 Å². The van der Waals surface area contributed by atoms with Gasteiger partial charge in [-0.15, -0.1) is 10.2 Å². The van der Waals surface area contributed by atoms with Crippen LogP contribution < -0.4 is 10.1 Å². The van der Waals surface area contributed by atoms with E-state index in [1.807, 2.05) is 6.92 Å². The van der Waals surface area contributed by atoms with E-state index >= 15 is 0 Å². The van der Waals surface area contributed by atoms with Crippen LogP contribution in [-0.4, -0.2) is 43.4 Å². The highest BCUT2D eigenvalue weighted by Crippen LogP contribution is 2.30. The Balaban J connectivity index is 1.74. The SMILES string of the molecule is CCn1c(SCC(=O)Nc2ccc(OC)cc2[N+](=O)[O-])nnc1-c1cccc([N+](=O)[O-])c1. The fraction of sp³-hybridized carbons (Fsp3) is 0.211. The molecule has 12 nitrogen and oxygen atoms in total. The smallest absolute Gasteiger partial charge is 0.296 e. The van der Waals surface area contributed by atoms with Gasteiger partial charge in [0.25, 0.3) is 11.4 Å². The first-order valence-electron chi connectivity index (χ1n) is 9.27. The molecule has 0 aliphatic heterocycles. The number of carbonyl (C=O) groups excluding carboxylic acids is 1. The summed E-state index contributed by atoms with van der Waals surface area (Å²) in [4.78, 5) is 33.6. The van der Waals surface area contributed by atoms with E-state index in [9.17, 15) is 25.0 Å². The molecule has 2 aromatic carbocycles. The van der Waals surface area contributed by atoms with Crippen molar-refractivity contribution in [3.8, 4) is 17.1 Å².